The van der Waals surface area contributed by atoms with Crippen LogP contribution in [0.4, 0.5) is 11.4 Å². The third kappa shape index (κ3) is 5.62. The Kier molecular flexibility index (Phi) is 9.78. The SMILES string of the molecule is CO[Si](OC)(OC)c1ccc(N)cc1.CO[Si](OC)(OC)c1ccc(N)cc1. The molecule has 0 aliphatic heterocycles. The van der Waals surface area contributed by atoms with Crippen LogP contribution in [-0.4, -0.2) is 60.3 Å². The number of benzene rings is 2. The van der Waals surface area contributed by atoms with Gasteiger partial charge in [0, 0.05) is 64.4 Å². The Hall–Kier alpha value is -1.77. The summed E-state index contributed by atoms with van der Waals surface area (Å²) >= 11 is 0. The lowest BCUT2D eigenvalue weighted by molar-refractivity contribution is 0.140. The van der Waals surface area contributed by atoms with E-state index >= 15 is 0 Å². The molecule has 0 heterocycles. The first-order chi connectivity index (χ1) is 13.4. The number of nitrogens with two attached hydrogens (primary N) is 2. The van der Waals surface area contributed by atoms with Gasteiger partial charge in [0.25, 0.3) is 0 Å². The highest BCUT2D eigenvalue weighted by molar-refractivity contribution is 6.75. The zero-order valence-corrected chi connectivity index (χ0v) is 19.2. The first-order valence-electron chi connectivity index (χ1n) is 8.39. The highest BCUT2D eigenvalue weighted by atomic mass is 28.4. The second-order valence-electron chi connectivity index (χ2n) is 5.58. The average molecular weight is 427 g/mol. The van der Waals surface area contributed by atoms with Gasteiger partial charge in [-0.15, -0.1) is 0 Å². The molecule has 0 aliphatic carbocycles. The molecular formula is C18H30N2O6Si2. The second kappa shape index (κ2) is 11.3. The van der Waals surface area contributed by atoms with Crippen molar-refractivity contribution in [1.29, 1.82) is 0 Å². The molecule has 2 aromatic carbocycles. The van der Waals surface area contributed by atoms with Crippen LogP contribution < -0.4 is 21.8 Å². The van der Waals surface area contributed by atoms with E-state index in [1.165, 1.54) is 0 Å². The summed E-state index contributed by atoms with van der Waals surface area (Å²) in [5.74, 6) is 0. The zero-order valence-electron chi connectivity index (χ0n) is 17.2. The van der Waals surface area contributed by atoms with Crippen molar-refractivity contribution in [1.82, 2.24) is 0 Å². The summed E-state index contributed by atoms with van der Waals surface area (Å²) in [6, 6.07) is 14.6. The molecule has 2 rings (SSSR count). The Morgan fingerprint density at radius 2 is 0.679 bits per heavy atom. The van der Waals surface area contributed by atoms with Crippen LogP contribution in [0.25, 0.3) is 0 Å². The predicted molar refractivity (Wildman–Crippen MR) is 115 cm³/mol. The van der Waals surface area contributed by atoms with E-state index in [0.717, 1.165) is 10.4 Å². The van der Waals surface area contributed by atoms with Crippen LogP contribution >= 0.6 is 0 Å². The van der Waals surface area contributed by atoms with E-state index in [2.05, 4.69) is 0 Å². The maximum absolute atomic E-state index is 5.59. The molecule has 156 valence electrons. The monoisotopic (exact) mass is 426 g/mol. The fourth-order valence-corrected chi connectivity index (χ4v) is 6.15. The standard InChI is InChI=1S/2C9H15NO3Si/c2*1-11-14(12-2,13-3)9-6-4-8(10)5-7-9/h2*4-7H,10H2,1-3H3. The van der Waals surface area contributed by atoms with Gasteiger partial charge in [0.15, 0.2) is 0 Å². The fraction of sp³-hybridized carbons (Fsp3) is 0.333. The van der Waals surface area contributed by atoms with E-state index in [4.69, 9.17) is 38.0 Å². The minimum atomic E-state index is -2.67. The van der Waals surface area contributed by atoms with Gasteiger partial charge in [0.05, 0.1) is 0 Å². The molecule has 0 atom stereocenters. The normalized spacial score (nSPS) is 11.6. The van der Waals surface area contributed by atoms with Gasteiger partial charge in [-0.05, 0) is 24.3 Å². The lowest BCUT2D eigenvalue weighted by Crippen LogP contribution is -2.54. The summed E-state index contributed by atoms with van der Waals surface area (Å²) in [5.41, 5.74) is 12.6. The van der Waals surface area contributed by atoms with Crippen molar-refractivity contribution in [2.75, 3.05) is 54.1 Å². The zero-order chi connectivity index (χ0) is 21.2. The van der Waals surface area contributed by atoms with Crippen molar-refractivity contribution in [2.24, 2.45) is 0 Å². The van der Waals surface area contributed by atoms with Gasteiger partial charge >= 0.3 is 17.6 Å². The van der Waals surface area contributed by atoms with E-state index in [0.29, 0.717) is 11.4 Å². The maximum atomic E-state index is 5.59. The molecule has 4 N–H and O–H groups in total. The summed E-state index contributed by atoms with van der Waals surface area (Å²) in [4.78, 5) is 0. The number of anilines is 2. The molecular weight excluding hydrogens is 396 g/mol. The van der Waals surface area contributed by atoms with Crippen molar-refractivity contribution in [3.05, 3.63) is 48.5 Å². The highest BCUT2D eigenvalue weighted by Gasteiger charge is 2.41. The molecule has 0 spiro atoms. The molecule has 0 unspecified atom stereocenters. The van der Waals surface area contributed by atoms with Gasteiger partial charge in [-0.1, -0.05) is 24.3 Å². The summed E-state index contributed by atoms with van der Waals surface area (Å²) in [6.45, 7) is 0. The fourth-order valence-electron chi connectivity index (χ4n) is 2.58. The van der Waals surface area contributed by atoms with Gasteiger partial charge < -0.3 is 38.0 Å². The summed E-state index contributed by atoms with van der Waals surface area (Å²) in [6.07, 6.45) is 0. The number of hydrogen-bond donors (Lipinski definition) is 2. The minimum absolute atomic E-state index is 0.708. The van der Waals surface area contributed by atoms with Crippen LogP contribution in [0.1, 0.15) is 0 Å². The van der Waals surface area contributed by atoms with E-state index in [1.807, 2.05) is 24.3 Å². The molecule has 0 bridgehead atoms. The van der Waals surface area contributed by atoms with Gasteiger partial charge in [-0.3, -0.25) is 0 Å². The number of rotatable bonds is 8. The molecule has 0 amide bonds. The summed E-state index contributed by atoms with van der Waals surface area (Å²) in [7, 11) is 4.13. The molecule has 0 aliphatic rings. The highest BCUT2D eigenvalue weighted by Crippen LogP contribution is 2.09. The number of hydrogen-bond acceptors (Lipinski definition) is 8. The Labute approximate surface area is 169 Å². The molecule has 8 nitrogen and oxygen atoms in total. The minimum Gasteiger partial charge on any atom is -0.399 e. The van der Waals surface area contributed by atoms with Crippen LogP contribution in [0.2, 0.25) is 0 Å². The van der Waals surface area contributed by atoms with Crippen LogP contribution in [0.15, 0.2) is 48.5 Å². The smallest absolute Gasteiger partial charge is 0.399 e. The van der Waals surface area contributed by atoms with Crippen molar-refractivity contribution < 1.29 is 26.6 Å². The van der Waals surface area contributed by atoms with E-state index in [-0.39, 0.29) is 0 Å². The molecule has 0 aromatic heterocycles. The van der Waals surface area contributed by atoms with Gasteiger partial charge in [-0.25, -0.2) is 0 Å². The quantitative estimate of drug-likeness (QED) is 0.469. The lowest BCUT2D eigenvalue weighted by atomic mass is 10.3. The number of nitrogen functional groups attached to an aromatic ring is 2. The molecule has 0 fully saturated rings. The molecule has 0 saturated heterocycles. The van der Waals surface area contributed by atoms with Crippen LogP contribution in [0.3, 0.4) is 0 Å². The third-order valence-electron chi connectivity index (χ3n) is 4.14. The van der Waals surface area contributed by atoms with Crippen molar-refractivity contribution >= 4 is 39.4 Å². The maximum Gasteiger partial charge on any atom is 0.536 e. The first kappa shape index (κ1) is 24.3. The summed E-state index contributed by atoms with van der Waals surface area (Å²) in [5, 5.41) is 1.80. The van der Waals surface area contributed by atoms with Crippen molar-refractivity contribution in [3.63, 3.8) is 0 Å². The lowest BCUT2D eigenvalue weighted by Gasteiger charge is -2.24. The predicted octanol–water partition coefficient (Wildman–Crippen LogP) is 0.708. The molecule has 0 saturated carbocycles. The topological polar surface area (TPSA) is 107 Å². The van der Waals surface area contributed by atoms with E-state index in [1.54, 1.807) is 66.9 Å². The van der Waals surface area contributed by atoms with Crippen molar-refractivity contribution in [2.45, 2.75) is 0 Å². The molecule has 2 aromatic rings. The summed E-state index contributed by atoms with van der Waals surface area (Å²) < 4.78 is 31.9. The van der Waals surface area contributed by atoms with E-state index < -0.39 is 17.6 Å². The van der Waals surface area contributed by atoms with Crippen LogP contribution in [-0.2, 0) is 26.6 Å². The first-order valence-corrected chi connectivity index (χ1v) is 11.8. The second-order valence-corrected chi connectivity index (χ2v) is 11.4. The van der Waals surface area contributed by atoms with E-state index in [9.17, 15) is 0 Å². The average Bonchev–Trinajstić information content (AvgIpc) is 2.74. The third-order valence-corrected chi connectivity index (χ3v) is 9.45. The molecule has 28 heavy (non-hydrogen) atoms. The Bertz CT molecular complexity index is 614. The van der Waals surface area contributed by atoms with Gasteiger partial charge in [0.1, 0.15) is 0 Å². The Morgan fingerprint density at radius 3 is 0.857 bits per heavy atom. The van der Waals surface area contributed by atoms with Crippen molar-refractivity contribution in [3.8, 4) is 0 Å². The van der Waals surface area contributed by atoms with Gasteiger partial charge in [0.2, 0.25) is 0 Å². The molecule has 10 heteroatoms. The largest absolute Gasteiger partial charge is 0.536 e. The van der Waals surface area contributed by atoms with Gasteiger partial charge in [-0.2, -0.15) is 0 Å². The van der Waals surface area contributed by atoms with Crippen LogP contribution in [0.5, 0.6) is 0 Å². The molecule has 0 radical (unpaired) electrons. The Balaban J connectivity index is 0.000000280. The Morgan fingerprint density at radius 1 is 0.464 bits per heavy atom. The van der Waals surface area contributed by atoms with Crippen LogP contribution in [0, 0.1) is 0 Å².